The van der Waals surface area contributed by atoms with Crippen molar-refractivity contribution in [1.29, 1.82) is 0 Å². The summed E-state index contributed by atoms with van der Waals surface area (Å²) >= 11 is 0. The number of benzene rings is 12. The molecular weight excluding hydrogens is 837 g/mol. The minimum atomic E-state index is 0.883. The molecule has 322 valence electrons. The molecule has 0 fully saturated rings. The van der Waals surface area contributed by atoms with Crippen LogP contribution in [0.5, 0.6) is 0 Å². The van der Waals surface area contributed by atoms with Crippen LogP contribution in [0.15, 0.2) is 259 Å². The van der Waals surface area contributed by atoms with E-state index in [0.717, 1.165) is 72.2 Å². The predicted octanol–water partition coefficient (Wildman–Crippen LogP) is 18.6. The van der Waals surface area contributed by atoms with Gasteiger partial charge in [-0.15, -0.1) is 0 Å². The van der Waals surface area contributed by atoms with Gasteiger partial charge in [-0.25, -0.2) is 0 Å². The second kappa shape index (κ2) is 15.7. The van der Waals surface area contributed by atoms with Crippen molar-refractivity contribution in [3.63, 3.8) is 0 Å². The summed E-state index contributed by atoms with van der Waals surface area (Å²) in [4.78, 5) is 2.40. The number of aromatic nitrogens is 1. The Morgan fingerprint density at radius 3 is 1.62 bits per heavy atom. The Morgan fingerprint density at radius 1 is 0.275 bits per heavy atom. The molecule has 0 spiro atoms. The Labute approximate surface area is 399 Å². The highest BCUT2D eigenvalue weighted by molar-refractivity contribution is 6.19. The first-order valence-electron chi connectivity index (χ1n) is 23.7. The lowest BCUT2D eigenvalue weighted by Gasteiger charge is -2.27. The minimum Gasteiger partial charge on any atom is -0.455 e. The Bertz CT molecular complexity index is 4280. The minimum absolute atomic E-state index is 0.883. The van der Waals surface area contributed by atoms with Crippen LogP contribution >= 0.6 is 0 Å². The van der Waals surface area contributed by atoms with Crippen LogP contribution in [0.25, 0.3) is 115 Å². The summed E-state index contributed by atoms with van der Waals surface area (Å²) in [5.74, 6) is 0. The monoisotopic (exact) mass is 878 g/mol. The number of anilines is 3. The molecule has 0 N–H and O–H groups in total. The molecule has 0 unspecified atom stereocenters. The number of furan rings is 1. The third kappa shape index (κ3) is 6.36. The third-order valence-corrected chi connectivity index (χ3v) is 14.1. The Kier molecular flexibility index (Phi) is 8.90. The maximum absolute atomic E-state index is 6.96. The van der Waals surface area contributed by atoms with Gasteiger partial charge in [0.1, 0.15) is 11.2 Å². The molecule has 0 amide bonds. The van der Waals surface area contributed by atoms with Gasteiger partial charge in [0, 0.05) is 55.2 Å². The van der Waals surface area contributed by atoms with E-state index in [1.165, 1.54) is 60.0 Å². The van der Waals surface area contributed by atoms with Crippen molar-refractivity contribution in [2.45, 2.75) is 0 Å². The van der Waals surface area contributed by atoms with Crippen LogP contribution in [0.2, 0.25) is 0 Å². The summed E-state index contributed by atoms with van der Waals surface area (Å²) in [5, 5.41) is 11.9. The Morgan fingerprint density at radius 2 is 0.855 bits per heavy atom. The van der Waals surface area contributed by atoms with Crippen LogP contribution in [-0.4, -0.2) is 4.57 Å². The maximum Gasteiger partial charge on any atom is 0.143 e. The molecule has 0 saturated heterocycles. The molecule has 14 aromatic rings. The molecule has 14 rings (SSSR count). The van der Waals surface area contributed by atoms with Gasteiger partial charge in [-0.05, 0) is 134 Å². The lowest BCUT2D eigenvalue weighted by atomic mass is 9.93. The van der Waals surface area contributed by atoms with E-state index in [2.05, 4.69) is 264 Å². The lowest BCUT2D eigenvalue weighted by molar-refractivity contribution is 0.674. The average Bonchev–Trinajstić information content (AvgIpc) is 3.97. The molecule has 0 aliphatic carbocycles. The lowest BCUT2D eigenvalue weighted by Crippen LogP contribution is -2.10. The van der Waals surface area contributed by atoms with Crippen molar-refractivity contribution in [3.8, 4) is 39.1 Å². The fourth-order valence-electron chi connectivity index (χ4n) is 10.9. The summed E-state index contributed by atoms with van der Waals surface area (Å²) in [6.07, 6.45) is 0. The van der Waals surface area contributed by atoms with Crippen molar-refractivity contribution in [1.82, 2.24) is 4.57 Å². The number of hydrogen-bond donors (Lipinski definition) is 0. The molecule has 2 aromatic heterocycles. The van der Waals surface area contributed by atoms with Crippen LogP contribution in [0, 0.1) is 0 Å². The molecule has 3 heteroatoms. The molecule has 0 radical (unpaired) electrons. The van der Waals surface area contributed by atoms with Crippen LogP contribution in [0.1, 0.15) is 0 Å². The number of fused-ring (bicyclic) bond motifs is 11. The zero-order chi connectivity index (χ0) is 45.4. The van der Waals surface area contributed by atoms with E-state index in [-0.39, 0.29) is 0 Å². The fourth-order valence-corrected chi connectivity index (χ4v) is 10.9. The third-order valence-electron chi connectivity index (χ3n) is 14.1. The van der Waals surface area contributed by atoms with Gasteiger partial charge >= 0.3 is 0 Å². The largest absolute Gasteiger partial charge is 0.455 e. The fraction of sp³-hybridized carbons (Fsp3) is 0. The molecule has 0 atom stereocenters. The van der Waals surface area contributed by atoms with Gasteiger partial charge in [0.05, 0.1) is 11.0 Å². The molecule has 12 aromatic carbocycles. The smallest absolute Gasteiger partial charge is 0.143 e. The van der Waals surface area contributed by atoms with Gasteiger partial charge in [0.2, 0.25) is 0 Å². The highest BCUT2D eigenvalue weighted by Crippen LogP contribution is 2.46. The number of hydrogen-bond acceptors (Lipinski definition) is 2. The summed E-state index contributed by atoms with van der Waals surface area (Å²) in [5.41, 5.74) is 15.4. The molecular formula is C66H42N2O. The highest BCUT2D eigenvalue weighted by atomic mass is 16.3. The summed E-state index contributed by atoms with van der Waals surface area (Å²) in [6.45, 7) is 0. The van der Waals surface area contributed by atoms with Crippen molar-refractivity contribution >= 4 is 93.1 Å². The molecule has 3 nitrogen and oxygen atoms in total. The van der Waals surface area contributed by atoms with Gasteiger partial charge < -0.3 is 13.9 Å². The Balaban J connectivity index is 0.947. The van der Waals surface area contributed by atoms with Gasteiger partial charge in [-0.1, -0.05) is 176 Å². The number of nitrogens with zero attached hydrogens (tertiary/aromatic N) is 2. The molecule has 69 heavy (non-hydrogen) atoms. The Hall–Kier alpha value is -9.18. The van der Waals surface area contributed by atoms with Crippen molar-refractivity contribution in [2.24, 2.45) is 0 Å². The van der Waals surface area contributed by atoms with Gasteiger partial charge in [0.25, 0.3) is 0 Å². The van der Waals surface area contributed by atoms with Gasteiger partial charge in [0.15, 0.2) is 0 Å². The summed E-state index contributed by atoms with van der Waals surface area (Å²) in [6, 6.07) is 92.5. The zero-order valence-corrected chi connectivity index (χ0v) is 37.6. The first-order chi connectivity index (χ1) is 34.2. The molecule has 0 saturated carbocycles. The van der Waals surface area contributed by atoms with Gasteiger partial charge in [-0.3, -0.25) is 0 Å². The quantitative estimate of drug-likeness (QED) is 0.149. The molecule has 0 bridgehead atoms. The summed E-state index contributed by atoms with van der Waals surface area (Å²) < 4.78 is 9.33. The maximum atomic E-state index is 6.96. The SMILES string of the molecule is c1ccc(-c2cc(N(c3ccc(-c4ccc5c(c4)c4ccccc4n5-c4ccccc4)cc3)c3ccc(-c4cc5ccccc5c5ccccc45)cc3)cc3c2oc2c4ccccc4ccc32)cc1. The van der Waals surface area contributed by atoms with E-state index < -0.39 is 0 Å². The summed E-state index contributed by atoms with van der Waals surface area (Å²) in [7, 11) is 0. The number of rotatable bonds is 7. The molecule has 0 aliphatic heterocycles. The van der Waals surface area contributed by atoms with Crippen molar-refractivity contribution in [3.05, 3.63) is 255 Å². The van der Waals surface area contributed by atoms with Crippen molar-refractivity contribution in [2.75, 3.05) is 4.90 Å². The van der Waals surface area contributed by atoms with Gasteiger partial charge in [-0.2, -0.15) is 0 Å². The zero-order valence-electron chi connectivity index (χ0n) is 37.6. The predicted molar refractivity (Wildman–Crippen MR) is 292 cm³/mol. The van der Waals surface area contributed by atoms with Crippen LogP contribution < -0.4 is 4.90 Å². The van der Waals surface area contributed by atoms with Crippen LogP contribution in [-0.2, 0) is 0 Å². The van der Waals surface area contributed by atoms with E-state index >= 15 is 0 Å². The van der Waals surface area contributed by atoms with Crippen LogP contribution in [0.4, 0.5) is 17.1 Å². The molecule has 0 aliphatic rings. The van der Waals surface area contributed by atoms with E-state index in [1.54, 1.807) is 0 Å². The van der Waals surface area contributed by atoms with E-state index in [9.17, 15) is 0 Å². The first-order valence-corrected chi connectivity index (χ1v) is 23.7. The topological polar surface area (TPSA) is 21.3 Å². The molecule has 2 heterocycles. The van der Waals surface area contributed by atoms with E-state index in [0.29, 0.717) is 0 Å². The second-order valence-corrected chi connectivity index (χ2v) is 18.0. The normalized spacial score (nSPS) is 11.8. The van der Waals surface area contributed by atoms with E-state index in [1.807, 2.05) is 0 Å². The standard InChI is InChI=1S/C66H42N2O/c1-3-15-44(16-4-1)60-41-52(42-62-58-37-31-45-17-7-10-22-54(45)65(58)69-66(60)62)67(51-35-29-46(30-36-51)59-40-48-18-8-9-21-53(48)55-23-11-12-24-56(55)59)50-33-27-43(28-34-50)47-32-38-64-61(39-47)57-25-13-14-26-63(57)68(64)49-19-5-2-6-20-49/h1-42H. The first kappa shape index (κ1) is 39.0. The highest BCUT2D eigenvalue weighted by Gasteiger charge is 2.22. The number of para-hydroxylation sites is 2. The average molecular weight is 879 g/mol. The van der Waals surface area contributed by atoms with E-state index in [4.69, 9.17) is 4.42 Å². The second-order valence-electron chi connectivity index (χ2n) is 18.0. The van der Waals surface area contributed by atoms with Crippen LogP contribution in [0.3, 0.4) is 0 Å². The van der Waals surface area contributed by atoms with Crippen molar-refractivity contribution < 1.29 is 4.42 Å².